The third-order valence-corrected chi connectivity index (χ3v) is 1.99. The van der Waals surface area contributed by atoms with Gasteiger partial charge in [0.25, 0.3) is 0 Å². The van der Waals surface area contributed by atoms with Crippen LogP contribution < -0.4 is 10.4 Å². The van der Waals surface area contributed by atoms with Crippen molar-refractivity contribution < 1.29 is 0 Å². The molecular weight excluding hydrogens is 164 g/mol. The fraction of sp³-hybridized carbons (Fsp3) is 0.333. The van der Waals surface area contributed by atoms with Crippen LogP contribution in [0.15, 0.2) is 18.2 Å². The van der Waals surface area contributed by atoms with Gasteiger partial charge in [-0.05, 0) is 18.6 Å². The van der Waals surface area contributed by atoms with Gasteiger partial charge in [-0.2, -0.15) is 5.26 Å². The number of hydrogen-bond acceptors (Lipinski definition) is 4. The number of nitrogens with zero attached hydrogens (tertiary/aromatic N) is 3. The van der Waals surface area contributed by atoms with Crippen LogP contribution in [-0.2, 0) is 0 Å². The fourth-order valence-corrected chi connectivity index (χ4v) is 1.36. The number of nitriles is 1. The predicted octanol–water partition coefficient (Wildman–Crippen LogP) is 0.668. The highest BCUT2D eigenvalue weighted by Gasteiger charge is 2.12. The summed E-state index contributed by atoms with van der Waals surface area (Å²) in [6, 6.07) is 7.48. The zero-order chi connectivity index (χ0) is 9.10. The highest BCUT2D eigenvalue weighted by molar-refractivity contribution is 5.40. The van der Waals surface area contributed by atoms with Gasteiger partial charge in [0.1, 0.15) is 17.6 Å². The van der Waals surface area contributed by atoms with E-state index in [9.17, 15) is 0 Å². The minimum Gasteiger partial charge on any atom is -0.292 e. The summed E-state index contributed by atoms with van der Waals surface area (Å²) < 4.78 is 0. The predicted molar refractivity (Wildman–Crippen MR) is 48.9 cm³/mol. The zero-order valence-corrected chi connectivity index (χ0v) is 7.20. The van der Waals surface area contributed by atoms with Crippen LogP contribution in [-0.4, -0.2) is 18.1 Å². The Balaban J connectivity index is 2.25. The molecule has 1 aliphatic heterocycles. The van der Waals surface area contributed by atoms with Crippen molar-refractivity contribution in [2.45, 2.75) is 6.42 Å². The molecule has 1 fully saturated rings. The van der Waals surface area contributed by atoms with Crippen molar-refractivity contribution in [3.8, 4) is 6.07 Å². The van der Waals surface area contributed by atoms with Crippen molar-refractivity contribution in [1.29, 1.82) is 5.26 Å². The Morgan fingerprint density at radius 1 is 1.54 bits per heavy atom. The van der Waals surface area contributed by atoms with E-state index < -0.39 is 0 Å². The first-order chi connectivity index (χ1) is 6.40. The molecule has 0 aliphatic carbocycles. The first-order valence-corrected chi connectivity index (χ1v) is 4.28. The lowest BCUT2D eigenvalue weighted by atomic mass is 10.3. The highest BCUT2D eigenvalue weighted by Crippen LogP contribution is 2.11. The van der Waals surface area contributed by atoms with Gasteiger partial charge in [0, 0.05) is 13.1 Å². The lowest BCUT2D eigenvalue weighted by Crippen LogP contribution is -2.31. The number of aromatic nitrogens is 1. The lowest BCUT2D eigenvalue weighted by Gasteiger charge is -2.15. The minimum atomic E-state index is 0.464. The molecule has 1 saturated heterocycles. The molecule has 0 saturated carbocycles. The molecule has 0 aromatic carbocycles. The molecule has 1 aromatic rings. The van der Waals surface area contributed by atoms with E-state index in [2.05, 4.69) is 10.4 Å². The fourth-order valence-electron chi connectivity index (χ4n) is 1.36. The normalized spacial score (nSPS) is 15.8. The average molecular weight is 174 g/mol. The van der Waals surface area contributed by atoms with Gasteiger partial charge in [-0.1, -0.05) is 6.07 Å². The van der Waals surface area contributed by atoms with Gasteiger partial charge in [0.05, 0.1) is 0 Å². The summed E-state index contributed by atoms with van der Waals surface area (Å²) in [4.78, 5) is 4.18. The minimum absolute atomic E-state index is 0.464. The van der Waals surface area contributed by atoms with Crippen LogP contribution in [0, 0.1) is 11.3 Å². The van der Waals surface area contributed by atoms with Crippen LogP contribution in [0.4, 0.5) is 5.82 Å². The van der Waals surface area contributed by atoms with Crippen LogP contribution in [0.2, 0.25) is 0 Å². The van der Waals surface area contributed by atoms with E-state index in [4.69, 9.17) is 5.26 Å². The van der Waals surface area contributed by atoms with E-state index in [0.717, 1.165) is 25.3 Å². The van der Waals surface area contributed by atoms with Crippen LogP contribution in [0.3, 0.4) is 0 Å². The van der Waals surface area contributed by atoms with Gasteiger partial charge < -0.3 is 0 Å². The van der Waals surface area contributed by atoms with E-state index in [1.54, 1.807) is 6.07 Å². The second kappa shape index (κ2) is 3.42. The van der Waals surface area contributed by atoms with Gasteiger partial charge in [0.2, 0.25) is 0 Å². The summed E-state index contributed by atoms with van der Waals surface area (Å²) in [7, 11) is 0. The standard InChI is InChI=1S/C9H10N4/c10-7-8-3-1-4-9(12-8)13-6-2-5-11-13/h1,3-4,11H,2,5-6H2. The molecule has 1 aliphatic rings. The summed E-state index contributed by atoms with van der Waals surface area (Å²) in [6.45, 7) is 1.94. The Hall–Kier alpha value is -1.60. The van der Waals surface area contributed by atoms with Gasteiger partial charge in [0.15, 0.2) is 0 Å². The van der Waals surface area contributed by atoms with Crippen molar-refractivity contribution in [2.75, 3.05) is 18.1 Å². The summed E-state index contributed by atoms with van der Waals surface area (Å²) in [6.07, 6.45) is 1.12. The Morgan fingerprint density at radius 2 is 2.46 bits per heavy atom. The number of hydrazine groups is 1. The number of pyridine rings is 1. The SMILES string of the molecule is N#Cc1cccc(N2CCCN2)n1. The molecule has 0 radical (unpaired) electrons. The molecule has 0 unspecified atom stereocenters. The van der Waals surface area contributed by atoms with Crippen molar-refractivity contribution in [3.05, 3.63) is 23.9 Å². The molecule has 1 N–H and O–H groups in total. The maximum absolute atomic E-state index is 8.65. The van der Waals surface area contributed by atoms with Crippen LogP contribution in [0.1, 0.15) is 12.1 Å². The van der Waals surface area contributed by atoms with Crippen molar-refractivity contribution in [3.63, 3.8) is 0 Å². The van der Waals surface area contributed by atoms with Gasteiger partial charge >= 0.3 is 0 Å². The van der Waals surface area contributed by atoms with Gasteiger partial charge in [-0.3, -0.25) is 5.01 Å². The first kappa shape index (κ1) is 8.02. The van der Waals surface area contributed by atoms with Gasteiger partial charge in [-0.15, -0.1) is 0 Å². The molecule has 2 heterocycles. The second-order valence-corrected chi connectivity index (χ2v) is 2.91. The number of rotatable bonds is 1. The van der Waals surface area contributed by atoms with E-state index >= 15 is 0 Å². The van der Waals surface area contributed by atoms with E-state index in [0.29, 0.717) is 5.69 Å². The van der Waals surface area contributed by atoms with Crippen molar-refractivity contribution in [2.24, 2.45) is 0 Å². The molecule has 2 rings (SSSR count). The number of hydrogen-bond donors (Lipinski definition) is 1. The smallest absolute Gasteiger partial charge is 0.144 e. The molecule has 0 bridgehead atoms. The Kier molecular flexibility index (Phi) is 2.11. The summed E-state index contributed by atoms with van der Waals surface area (Å²) >= 11 is 0. The first-order valence-electron chi connectivity index (χ1n) is 4.28. The average Bonchev–Trinajstić information content (AvgIpc) is 2.71. The van der Waals surface area contributed by atoms with Gasteiger partial charge in [-0.25, -0.2) is 10.4 Å². The van der Waals surface area contributed by atoms with Crippen molar-refractivity contribution >= 4 is 5.82 Å². The Labute approximate surface area is 76.8 Å². The van der Waals surface area contributed by atoms with Crippen LogP contribution in [0.25, 0.3) is 0 Å². The third kappa shape index (κ3) is 1.60. The summed E-state index contributed by atoms with van der Waals surface area (Å²) in [5.41, 5.74) is 3.65. The molecule has 0 atom stereocenters. The molecule has 13 heavy (non-hydrogen) atoms. The second-order valence-electron chi connectivity index (χ2n) is 2.91. The van der Waals surface area contributed by atoms with E-state index in [1.807, 2.05) is 23.2 Å². The Morgan fingerprint density at radius 3 is 3.15 bits per heavy atom. The molecule has 66 valence electrons. The monoisotopic (exact) mass is 174 g/mol. The summed E-state index contributed by atoms with van der Waals surface area (Å²) in [5.74, 6) is 0.830. The number of anilines is 1. The van der Waals surface area contributed by atoms with E-state index in [1.165, 1.54) is 0 Å². The molecule has 0 amide bonds. The molecule has 4 nitrogen and oxygen atoms in total. The quantitative estimate of drug-likeness (QED) is 0.679. The summed E-state index contributed by atoms with van der Waals surface area (Å²) in [5, 5.41) is 10.6. The van der Waals surface area contributed by atoms with Crippen LogP contribution in [0.5, 0.6) is 0 Å². The largest absolute Gasteiger partial charge is 0.292 e. The topological polar surface area (TPSA) is 52.0 Å². The number of nitrogens with one attached hydrogen (secondary N) is 1. The lowest BCUT2D eigenvalue weighted by molar-refractivity contribution is 0.773. The molecule has 4 heteroatoms. The maximum Gasteiger partial charge on any atom is 0.144 e. The zero-order valence-electron chi connectivity index (χ0n) is 7.20. The highest BCUT2D eigenvalue weighted by atomic mass is 15.5. The maximum atomic E-state index is 8.65. The molecular formula is C9H10N4. The Bertz CT molecular complexity index is 336. The van der Waals surface area contributed by atoms with Crippen molar-refractivity contribution in [1.82, 2.24) is 10.4 Å². The molecule has 0 spiro atoms. The molecule has 1 aromatic heterocycles. The van der Waals surface area contributed by atoms with E-state index in [-0.39, 0.29) is 0 Å². The van der Waals surface area contributed by atoms with Crippen LogP contribution >= 0.6 is 0 Å². The third-order valence-electron chi connectivity index (χ3n) is 1.99.